The predicted molar refractivity (Wildman–Crippen MR) is 115 cm³/mol. The Kier molecular flexibility index (Phi) is 6.34. The van der Waals surface area contributed by atoms with E-state index in [1.165, 1.54) is 0 Å². The number of aliphatic imine (C=N–C) groups is 4. The molecule has 10 heteroatoms. The van der Waals surface area contributed by atoms with Crippen LogP contribution >= 0.6 is 23.2 Å². The molecule has 0 atom stereocenters. The molecule has 1 aromatic rings. The summed E-state index contributed by atoms with van der Waals surface area (Å²) in [7, 11) is 0. The molecule has 1 amide bonds. The second-order valence-electron chi connectivity index (χ2n) is 6.82. The number of ether oxygens (including phenoxy) is 1. The van der Waals surface area contributed by atoms with Gasteiger partial charge in [0.2, 0.25) is 5.96 Å². The number of nitrogens with zero attached hydrogens (tertiary/aromatic N) is 5. The van der Waals surface area contributed by atoms with E-state index in [1.54, 1.807) is 12.1 Å². The van der Waals surface area contributed by atoms with Crippen LogP contribution in [-0.4, -0.2) is 67.0 Å². The fraction of sp³-hybridized carbons (Fsp3) is 0.421. The Morgan fingerprint density at radius 1 is 1.14 bits per heavy atom. The van der Waals surface area contributed by atoms with Gasteiger partial charge in [-0.3, -0.25) is 15.0 Å². The summed E-state index contributed by atoms with van der Waals surface area (Å²) in [5.41, 5.74) is 1.11. The van der Waals surface area contributed by atoms with Gasteiger partial charge in [-0.15, -0.1) is 0 Å². The summed E-state index contributed by atoms with van der Waals surface area (Å²) < 4.78 is 5.35. The smallest absolute Gasteiger partial charge is 0.280 e. The normalized spacial score (nSPS) is 20.8. The molecule has 0 unspecified atom stereocenters. The fourth-order valence-corrected chi connectivity index (χ4v) is 3.50. The molecule has 3 heterocycles. The number of hydrogen-bond donors (Lipinski definition) is 1. The lowest BCUT2D eigenvalue weighted by Gasteiger charge is -2.26. The first-order valence-electron chi connectivity index (χ1n) is 9.43. The number of fused-ring (bicyclic) bond motifs is 1. The maximum absolute atomic E-state index is 12.3. The third-order valence-corrected chi connectivity index (χ3v) is 5.45. The van der Waals surface area contributed by atoms with Gasteiger partial charge >= 0.3 is 0 Å². The van der Waals surface area contributed by atoms with Gasteiger partial charge in [0.05, 0.1) is 29.8 Å². The lowest BCUT2D eigenvalue weighted by Crippen LogP contribution is -2.42. The summed E-state index contributed by atoms with van der Waals surface area (Å²) in [6.07, 6.45) is 1.62. The van der Waals surface area contributed by atoms with E-state index < -0.39 is 0 Å². The van der Waals surface area contributed by atoms with Crippen LogP contribution in [0, 0.1) is 0 Å². The van der Waals surface area contributed by atoms with Crippen molar-refractivity contribution in [3.05, 3.63) is 33.8 Å². The highest BCUT2D eigenvalue weighted by Gasteiger charge is 2.30. The summed E-state index contributed by atoms with van der Waals surface area (Å²) in [6, 6.07) is 5.27. The molecule has 0 radical (unpaired) electrons. The monoisotopic (exact) mass is 434 g/mol. The minimum atomic E-state index is -0.338. The van der Waals surface area contributed by atoms with Crippen molar-refractivity contribution in [3.63, 3.8) is 0 Å². The highest BCUT2D eigenvalue weighted by molar-refractivity contribution is 6.72. The number of rotatable bonds is 6. The van der Waals surface area contributed by atoms with Gasteiger partial charge in [-0.1, -0.05) is 29.3 Å². The highest BCUT2D eigenvalue weighted by Crippen LogP contribution is 2.23. The Bertz CT molecular complexity index is 935. The minimum absolute atomic E-state index is 0.216. The molecule has 0 aromatic heterocycles. The van der Waals surface area contributed by atoms with E-state index in [-0.39, 0.29) is 17.6 Å². The SMILES string of the molecule is O=C1NC(=NCc2ccc(Cl)c(Cl)c2)N=C2N=C(CCCN3CCOCC3)N=C12. The summed E-state index contributed by atoms with van der Waals surface area (Å²) in [4.78, 5) is 32.1. The van der Waals surface area contributed by atoms with Gasteiger partial charge in [-0.2, -0.15) is 4.99 Å². The number of amides is 1. The van der Waals surface area contributed by atoms with Crippen LogP contribution in [0.2, 0.25) is 10.0 Å². The van der Waals surface area contributed by atoms with E-state index >= 15 is 0 Å². The number of carbonyl (C=O) groups excluding carboxylic acids is 1. The van der Waals surface area contributed by atoms with Crippen molar-refractivity contribution in [2.24, 2.45) is 20.0 Å². The average molecular weight is 435 g/mol. The Balaban J connectivity index is 1.38. The molecule has 29 heavy (non-hydrogen) atoms. The number of carbonyl (C=O) groups is 1. The third kappa shape index (κ3) is 5.08. The van der Waals surface area contributed by atoms with Gasteiger partial charge in [-0.05, 0) is 30.7 Å². The second kappa shape index (κ2) is 9.13. The van der Waals surface area contributed by atoms with Crippen molar-refractivity contribution in [3.8, 4) is 0 Å². The molecule has 0 spiro atoms. The maximum Gasteiger partial charge on any atom is 0.280 e. The third-order valence-electron chi connectivity index (χ3n) is 4.71. The number of hydrogen-bond acceptors (Lipinski definition) is 6. The quantitative estimate of drug-likeness (QED) is 0.744. The number of halogens is 2. The Hall–Kier alpha value is -2.13. The topological polar surface area (TPSA) is 91.0 Å². The van der Waals surface area contributed by atoms with Gasteiger partial charge in [0.25, 0.3) is 5.91 Å². The molecule has 1 N–H and O–H groups in total. The highest BCUT2D eigenvalue weighted by atomic mass is 35.5. The zero-order valence-electron chi connectivity index (χ0n) is 15.7. The minimum Gasteiger partial charge on any atom is -0.379 e. The van der Waals surface area contributed by atoms with E-state index in [2.05, 4.69) is 30.2 Å². The molecule has 0 saturated carbocycles. The van der Waals surface area contributed by atoms with Gasteiger partial charge in [-0.25, -0.2) is 15.0 Å². The first-order chi connectivity index (χ1) is 14.1. The lowest BCUT2D eigenvalue weighted by atomic mass is 10.2. The van der Waals surface area contributed by atoms with E-state index in [1.807, 2.05) is 6.07 Å². The molecule has 0 bridgehead atoms. The number of guanidine groups is 1. The molecule has 1 saturated heterocycles. The Morgan fingerprint density at radius 3 is 2.76 bits per heavy atom. The molecule has 4 rings (SSSR count). The first kappa shape index (κ1) is 20.2. The van der Waals surface area contributed by atoms with Gasteiger partial charge in [0.1, 0.15) is 5.84 Å². The predicted octanol–water partition coefficient (Wildman–Crippen LogP) is 2.34. The fourth-order valence-electron chi connectivity index (χ4n) is 3.17. The van der Waals surface area contributed by atoms with Gasteiger partial charge in [0, 0.05) is 19.5 Å². The van der Waals surface area contributed by atoms with Crippen molar-refractivity contribution in [1.29, 1.82) is 0 Å². The summed E-state index contributed by atoms with van der Waals surface area (Å²) in [6.45, 7) is 4.74. The average Bonchev–Trinajstić information content (AvgIpc) is 3.13. The number of nitrogens with one attached hydrogen (secondary N) is 1. The van der Waals surface area contributed by atoms with Crippen LogP contribution in [0.15, 0.2) is 38.2 Å². The van der Waals surface area contributed by atoms with Crippen LogP contribution in [-0.2, 0) is 16.1 Å². The molecule has 1 aromatic carbocycles. The second-order valence-corrected chi connectivity index (χ2v) is 7.64. The summed E-state index contributed by atoms with van der Waals surface area (Å²) in [5.74, 6) is 0.832. The van der Waals surface area contributed by atoms with E-state index in [4.69, 9.17) is 27.9 Å². The van der Waals surface area contributed by atoms with Crippen LogP contribution in [0.5, 0.6) is 0 Å². The molecule has 0 aliphatic carbocycles. The first-order valence-corrected chi connectivity index (χ1v) is 10.2. The van der Waals surface area contributed by atoms with Gasteiger partial charge in [0.15, 0.2) is 11.5 Å². The number of benzene rings is 1. The Labute approximate surface area is 178 Å². The standard InChI is InChI=1S/C19H20Cl2N6O2/c20-13-4-3-12(10-14(13)21)11-22-19-25-17-16(18(28)26-19)23-15(24-17)2-1-5-27-6-8-29-9-7-27/h3-4,10H,1-2,5-9,11H2,(H,22,26,28). The zero-order valence-corrected chi connectivity index (χ0v) is 17.2. The molecule has 1 fully saturated rings. The van der Waals surface area contributed by atoms with Crippen molar-refractivity contribution in [2.45, 2.75) is 19.4 Å². The van der Waals surface area contributed by atoms with Gasteiger partial charge < -0.3 is 4.74 Å². The zero-order chi connectivity index (χ0) is 20.2. The van der Waals surface area contributed by atoms with Crippen LogP contribution in [0.3, 0.4) is 0 Å². The van der Waals surface area contributed by atoms with Crippen LogP contribution in [0.4, 0.5) is 0 Å². The van der Waals surface area contributed by atoms with E-state index in [9.17, 15) is 4.79 Å². The molecular weight excluding hydrogens is 415 g/mol. The van der Waals surface area contributed by atoms with E-state index in [0.29, 0.717) is 34.7 Å². The molecule has 152 valence electrons. The Morgan fingerprint density at radius 2 is 1.97 bits per heavy atom. The number of morpholine rings is 1. The lowest BCUT2D eigenvalue weighted by molar-refractivity contribution is -0.113. The van der Waals surface area contributed by atoms with Crippen LogP contribution in [0.25, 0.3) is 0 Å². The van der Waals surface area contributed by atoms with Crippen molar-refractivity contribution in [1.82, 2.24) is 10.2 Å². The van der Waals surface area contributed by atoms with Crippen molar-refractivity contribution < 1.29 is 9.53 Å². The summed E-state index contributed by atoms with van der Waals surface area (Å²) in [5, 5.41) is 3.59. The van der Waals surface area contributed by atoms with Crippen LogP contribution in [0.1, 0.15) is 18.4 Å². The van der Waals surface area contributed by atoms with E-state index in [0.717, 1.165) is 44.8 Å². The van der Waals surface area contributed by atoms with Crippen LogP contribution < -0.4 is 5.32 Å². The molecule has 3 aliphatic heterocycles. The molecular formula is C19H20Cl2N6O2. The molecule has 8 nitrogen and oxygen atoms in total. The number of amidine groups is 2. The van der Waals surface area contributed by atoms with Crippen molar-refractivity contribution >= 4 is 52.5 Å². The molecule has 3 aliphatic rings. The maximum atomic E-state index is 12.3. The summed E-state index contributed by atoms with van der Waals surface area (Å²) >= 11 is 11.9. The van der Waals surface area contributed by atoms with Crippen molar-refractivity contribution in [2.75, 3.05) is 32.8 Å². The largest absolute Gasteiger partial charge is 0.379 e.